The Bertz CT molecular complexity index is 638. The quantitative estimate of drug-likeness (QED) is 0.819. The fourth-order valence-electron chi connectivity index (χ4n) is 1.82. The number of carbonyl (C=O) groups excluding carboxylic acids is 1. The van der Waals surface area contributed by atoms with Crippen molar-refractivity contribution in [2.24, 2.45) is 0 Å². The van der Waals surface area contributed by atoms with Gasteiger partial charge in [-0.3, -0.25) is 4.79 Å². The number of nitrogen functional groups attached to an aromatic ring is 1. The minimum Gasteiger partial charge on any atom is -0.398 e. The van der Waals surface area contributed by atoms with Crippen molar-refractivity contribution in [2.75, 3.05) is 11.1 Å². The summed E-state index contributed by atoms with van der Waals surface area (Å²) in [6.45, 7) is 3.79. The number of hydrogen-bond donors (Lipinski definition) is 2. The van der Waals surface area contributed by atoms with Gasteiger partial charge in [0, 0.05) is 16.4 Å². The Morgan fingerprint density at radius 1 is 1.21 bits per heavy atom. The molecule has 0 fully saturated rings. The molecule has 0 bridgehead atoms. The highest BCUT2D eigenvalue weighted by Gasteiger charge is 2.11. The number of carbonyl (C=O) groups is 1. The maximum Gasteiger partial charge on any atom is 0.257 e. The van der Waals surface area contributed by atoms with Crippen molar-refractivity contribution in [1.82, 2.24) is 0 Å². The Morgan fingerprint density at radius 3 is 2.63 bits per heavy atom. The lowest BCUT2D eigenvalue weighted by Crippen LogP contribution is -2.14. The van der Waals surface area contributed by atoms with E-state index in [1.165, 1.54) is 0 Å². The number of nitrogens with one attached hydrogen (secondary N) is 1. The number of halogens is 1. The fourth-order valence-corrected chi connectivity index (χ4v) is 2.00. The number of nitrogens with two attached hydrogens (primary N) is 1. The van der Waals surface area contributed by atoms with E-state index in [-0.39, 0.29) is 5.91 Å². The normalized spacial score (nSPS) is 10.3. The monoisotopic (exact) mass is 274 g/mol. The minimum atomic E-state index is -0.233. The van der Waals surface area contributed by atoms with Gasteiger partial charge in [0.05, 0.1) is 5.56 Å². The molecule has 0 aliphatic carbocycles. The zero-order valence-corrected chi connectivity index (χ0v) is 11.6. The predicted octanol–water partition coefficient (Wildman–Crippen LogP) is 3.79. The molecule has 0 heterocycles. The van der Waals surface area contributed by atoms with Crippen LogP contribution < -0.4 is 11.1 Å². The average molecular weight is 275 g/mol. The second kappa shape index (κ2) is 5.33. The number of anilines is 2. The first-order valence-corrected chi connectivity index (χ1v) is 6.29. The molecule has 0 aromatic heterocycles. The van der Waals surface area contributed by atoms with Crippen LogP contribution in [-0.4, -0.2) is 5.91 Å². The van der Waals surface area contributed by atoms with Crippen molar-refractivity contribution in [1.29, 1.82) is 0 Å². The van der Waals surface area contributed by atoms with Crippen LogP contribution >= 0.6 is 11.6 Å². The highest BCUT2D eigenvalue weighted by atomic mass is 35.5. The molecule has 0 aliphatic rings. The van der Waals surface area contributed by atoms with Gasteiger partial charge in [0.15, 0.2) is 0 Å². The van der Waals surface area contributed by atoms with Gasteiger partial charge in [0.25, 0.3) is 5.91 Å². The van der Waals surface area contributed by atoms with E-state index in [0.29, 0.717) is 22.0 Å². The molecule has 0 spiro atoms. The Kier molecular flexibility index (Phi) is 3.76. The van der Waals surface area contributed by atoms with Gasteiger partial charge in [0.2, 0.25) is 0 Å². The van der Waals surface area contributed by atoms with Gasteiger partial charge >= 0.3 is 0 Å². The van der Waals surface area contributed by atoms with E-state index in [2.05, 4.69) is 5.32 Å². The zero-order chi connectivity index (χ0) is 14.0. The van der Waals surface area contributed by atoms with Gasteiger partial charge < -0.3 is 11.1 Å². The van der Waals surface area contributed by atoms with E-state index in [1.807, 2.05) is 26.0 Å². The maximum absolute atomic E-state index is 12.2. The molecule has 1 amide bonds. The number of rotatable bonds is 2. The molecule has 0 saturated heterocycles. The summed E-state index contributed by atoms with van der Waals surface area (Å²) in [4.78, 5) is 12.2. The van der Waals surface area contributed by atoms with Crippen LogP contribution in [0.3, 0.4) is 0 Å². The molecule has 2 aromatic rings. The van der Waals surface area contributed by atoms with Crippen LogP contribution in [0.4, 0.5) is 11.4 Å². The lowest BCUT2D eigenvalue weighted by Gasteiger charge is -2.11. The van der Waals surface area contributed by atoms with Crippen molar-refractivity contribution in [3.8, 4) is 0 Å². The van der Waals surface area contributed by atoms with Gasteiger partial charge in [-0.2, -0.15) is 0 Å². The Labute approximate surface area is 117 Å². The van der Waals surface area contributed by atoms with E-state index in [4.69, 9.17) is 17.3 Å². The molecule has 98 valence electrons. The van der Waals surface area contributed by atoms with Crippen LogP contribution in [0.5, 0.6) is 0 Å². The molecule has 0 atom stereocenters. The number of amides is 1. The highest BCUT2D eigenvalue weighted by molar-refractivity contribution is 6.31. The summed E-state index contributed by atoms with van der Waals surface area (Å²) >= 11 is 6.02. The van der Waals surface area contributed by atoms with Crippen LogP contribution in [0.1, 0.15) is 21.5 Å². The van der Waals surface area contributed by atoms with E-state index < -0.39 is 0 Å². The van der Waals surface area contributed by atoms with Crippen molar-refractivity contribution in [3.05, 3.63) is 58.1 Å². The summed E-state index contributed by atoms with van der Waals surface area (Å²) in [5.41, 5.74) is 9.34. The maximum atomic E-state index is 12.2. The third-order valence-corrected chi connectivity index (χ3v) is 3.38. The Hall–Kier alpha value is -2.00. The Morgan fingerprint density at radius 2 is 1.95 bits per heavy atom. The van der Waals surface area contributed by atoms with Gasteiger partial charge in [-0.1, -0.05) is 23.7 Å². The smallest absolute Gasteiger partial charge is 0.257 e. The van der Waals surface area contributed by atoms with Crippen LogP contribution in [0.15, 0.2) is 36.4 Å². The SMILES string of the molecule is Cc1ccc(C(=O)Nc2cccc(Cl)c2C)c(N)c1. The molecule has 0 unspecified atom stereocenters. The first-order valence-electron chi connectivity index (χ1n) is 5.91. The third kappa shape index (κ3) is 2.88. The van der Waals surface area contributed by atoms with Crippen molar-refractivity contribution < 1.29 is 4.79 Å². The first-order chi connectivity index (χ1) is 8.99. The van der Waals surface area contributed by atoms with Crippen molar-refractivity contribution >= 4 is 28.9 Å². The molecule has 3 N–H and O–H groups in total. The minimum absolute atomic E-state index is 0.233. The van der Waals surface area contributed by atoms with Crippen LogP contribution in [0.25, 0.3) is 0 Å². The summed E-state index contributed by atoms with van der Waals surface area (Å²) < 4.78 is 0. The predicted molar refractivity (Wildman–Crippen MR) is 79.7 cm³/mol. The van der Waals surface area contributed by atoms with Crippen LogP contribution in [0, 0.1) is 13.8 Å². The molecule has 2 aromatic carbocycles. The molecule has 0 saturated carbocycles. The summed E-state index contributed by atoms with van der Waals surface area (Å²) in [5.74, 6) is -0.233. The molecular formula is C15H15ClN2O. The van der Waals surface area contributed by atoms with Gasteiger partial charge in [-0.05, 0) is 49.2 Å². The van der Waals surface area contributed by atoms with Gasteiger partial charge in [-0.15, -0.1) is 0 Å². The second-order valence-electron chi connectivity index (χ2n) is 4.46. The summed E-state index contributed by atoms with van der Waals surface area (Å²) in [7, 11) is 0. The molecule has 0 aliphatic heterocycles. The third-order valence-electron chi connectivity index (χ3n) is 2.97. The highest BCUT2D eigenvalue weighted by Crippen LogP contribution is 2.24. The largest absolute Gasteiger partial charge is 0.398 e. The number of hydrogen-bond acceptors (Lipinski definition) is 2. The lowest BCUT2D eigenvalue weighted by molar-refractivity contribution is 0.102. The van der Waals surface area contributed by atoms with Gasteiger partial charge in [-0.25, -0.2) is 0 Å². The van der Waals surface area contributed by atoms with Crippen LogP contribution in [-0.2, 0) is 0 Å². The van der Waals surface area contributed by atoms with Crippen LogP contribution in [0.2, 0.25) is 5.02 Å². The zero-order valence-electron chi connectivity index (χ0n) is 10.8. The van der Waals surface area contributed by atoms with Crippen molar-refractivity contribution in [3.63, 3.8) is 0 Å². The molecule has 2 rings (SSSR count). The molecule has 4 heteroatoms. The molecular weight excluding hydrogens is 260 g/mol. The molecule has 19 heavy (non-hydrogen) atoms. The van der Waals surface area contributed by atoms with E-state index in [1.54, 1.807) is 24.3 Å². The Balaban J connectivity index is 2.28. The fraction of sp³-hybridized carbons (Fsp3) is 0.133. The van der Waals surface area contributed by atoms with Gasteiger partial charge in [0.1, 0.15) is 0 Å². The van der Waals surface area contributed by atoms with Crippen molar-refractivity contribution in [2.45, 2.75) is 13.8 Å². The topological polar surface area (TPSA) is 55.1 Å². The number of aryl methyl sites for hydroxylation is 1. The van der Waals surface area contributed by atoms with E-state index in [9.17, 15) is 4.79 Å². The lowest BCUT2D eigenvalue weighted by atomic mass is 10.1. The summed E-state index contributed by atoms with van der Waals surface area (Å²) in [6.07, 6.45) is 0. The number of benzene rings is 2. The standard InChI is InChI=1S/C15H15ClN2O/c1-9-6-7-11(13(17)8-9)15(19)18-14-5-3-4-12(16)10(14)2/h3-8H,17H2,1-2H3,(H,18,19). The van der Waals surface area contributed by atoms with E-state index in [0.717, 1.165) is 11.1 Å². The average Bonchev–Trinajstić information content (AvgIpc) is 2.34. The summed E-state index contributed by atoms with van der Waals surface area (Å²) in [6, 6.07) is 10.7. The first kappa shape index (κ1) is 13.4. The van der Waals surface area contributed by atoms with E-state index >= 15 is 0 Å². The molecule has 0 radical (unpaired) electrons. The summed E-state index contributed by atoms with van der Waals surface area (Å²) in [5, 5.41) is 3.44. The molecule has 3 nitrogen and oxygen atoms in total. The second-order valence-corrected chi connectivity index (χ2v) is 4.86.